The number of aromatic nitrogens is 2. The molecule has 0 atom stereocenters. The van der Waals surface area contributed by atoms with E-state index in [0.29, 0.717) is 0 Å². The van der Waals surface area contributed by atoms with Crippen molar-refractivity contribution in [2.75, 3.05) is 14.1 Å². The minimum absolute atomic E-state index is 1.10. The zero-order valence-electron chi connectivity index (χ0n) is 6.35. The molecule has 0 radical (unpaired) electrons. The molecule has 0 aromatic carbocycles. The fourth-order valence-corrected chi connectivity index (χ4v) is 1.39. The smallest absolute Gasteiger partial charge is 0.249 e. The molecule has 0 spiro atoms. The molecule has 0 aliphatic heterocycles. The molecule has 6 heteroatoms. The summed E-state index contributed by atoms with van der Waals surface area (Å²) in [6.07, 6.45) is 4.35. The Morgan fingerprint density at radius 3 is 2.45 bits per heavy atom. The van der Waals surface area contributed by atoms with E-state index in [0.717, 1.165) is 8.28 Å². The third-order valence-corrected chi connectivity index (χ3v) is 2.93. The van der Waals surface area contributed by atoms with Crippen molar-refractivity contribution in [1.82, 2.24) is 9.29 Å². The molecule has 5 nitrogen and oxygen atoms in total. The third kappa shape index (κ3) is 1.41. The first kappa shape index (κ1) is 8.22. The maximum Gasteiger partial charge on any atom is 0.379 e. The van der Waals surface area contributed by atoms with Crippen LogP contribution in [0.4, 0.5) is 0 Å². The first-order valence-electron chi connectivity index (χ1n) is 3.02. The molecule has 0 amide bonds. The fraction of sp³-hybridized carbons (Fsp3) is 0.400. The average Bonchev–Trinajstić information content (AvgIpc) is 2.37. The molecule has 1 aromatic heterocycles. The molecule has 1 N–H and O–H groups in total. The van der Waals surface area contributed by atoms with Gasteiger partial charge in [0.1, 0.15) is 12.4 Å². The van der Waals surface area contributed by atoms with E-state index in [1.165, 1.54) is 26.6 Å². The van der Waals surface area contributed by atoms with Crippen molar-refractivity contribution in [3.05, 3.63) is 18.7 Å². The van der Waals surface area contributed by atoms with Crippen molar-refractivity contribution in [1.29, 1.82) is 0 Å². The topological polar surface area (TPSA) is 57.1 Å². The van der Waals surface area contributed by atoms with Crippen LogP contribution in [0, 0.1) is 0 Å². The van der Waals surface area contributed by atoms with Gasteiger partial charge in [0, 0.05) is 14.1 Å². The van der Waals surface area contributed by atoms with E-state index in [9.17, 15) is 8.42 Å². The predicted molar refractivity (Wildman–Crippen MR) is 39.0 cm³/mol. The highest BCUT2D eigenvalue weighted by molar-refractivity contribution is 7.82. The van der Waals surface area contributed by atoms with Gasteiger partial charge < -0.3 is 0 Å². The van der Waals surface area contributed by atoms with Crippen molar-refractivity contribution in [3.8, 4) is 0 Å². The van der Waals surface area contributed by atoms with Crippen molar-refractivity contribution < 1.29 is 12.4 Å². The van der Waals surface area contributed by atoms with Crippen molar-refractivity contribution in [2.24, 2.45) is 0 Å². The molecule has 0 saturated carbocycles. The van der Waals surface area contributed by atoms with E-state index in [-0.39, 0.29) is 0 Å². The summed E-state index contributed by atoms with van der Waals surface area (Å²) in [5, 5.41) is 0. The van der Waals surface area contributed by atoms with E-state index in [1.54, 1.807) is 6.20 Å². The Balaban J connectivity index is 3.12. The summed E-state index contributed by atoms with van der Waals surface area (Å²) in [5.74, 6) is 0. The molecular weight excluding hydrogens is 166 g/mol. The van der Waals surface area contributed by atoms with Gasteiger partial charge in [-0.1, -0.05) is 0 Å². The van der Waals surface area contributed by atoms with Crippen LogP contribution in [0.2, 0.25) is 0 Å². The van der Waals surface area contributed by atoms with E-state index < -0.39 is 10.2 Å². The molecule has 0 aliphatic carbocycles. The van der Waals surface area contributed by atoms with Crippen LogP contribution in [0.1, 0.15) is 0 Å². The van der Waals surface area contributed by atoms with E-state index in [2.05, 4.69) is 4.98 Å². The third-order valence-electron chi connectivity index (χ3n) is 1.25. The summed E-state index contributed by atoms with van der Waals surface area (Å²) in [6.45, 7) is 0. The minimum Gasteiger partial charge on any atom is -0.249 e. The number of hydrogen-bond donors (Lipinski definition) is 1. The molecule has 0 fully saturated rings. The molecule has 0 aliphatic rings. The van der Waals surface area contributed by atoms with Crippen LogP contribution < -0.4 is 3.97 Å². The molecule has 0 bridgehead atoms. The van der Waals surface area contributed by atoms with Gasteiger partial charge in [-0.25, -0.2) is 4.98 Å². The second kappa shape index (κ2) is 2.63. The number of H-pyrrole nitrogens is 1. The minimum atomic E-state index is -3.31. The van der Waals surface area contributed by atoms with Crippen LogP contribution in [0.3, 0.4) is 0 Å². The van der Waals surface area contributed by atoms with Crippen LogP contribution in [0.5, 0.6) is 0 Å². The zero-order valence-corrected chi connectivity index (χ0v) is 7.17. The van der Waals surface area contributed by atoms with Crippen molar-refractivity contribution in [2.45, 2.75) is 0 Å². The molecule has 1 rings (SSSR count). The van der Waals surface area contributed by atoms with Crippen LogP contribution in [-0.2, 0) is 10.2 Å². The molecule has 11 heavy (non-hydrogen) atoms. The lowest BCUT2D eigenvalue weighted by Crippen LogP contribution is -2.48. The van der Waals surface area contributed by atoms with Gasteiger partial charge in [-0.15, -0.1) is 3.97 Å². The maximum absolute atomic E-state index is 11.3. The Morgan fingerprint density at radius 2 is 2.09 bits per heavy atom. The van der Waals surface area contributed by atoms with Gasteiger partial charge in [-0.05, 0) is 0 Å². The quantitative estimate of drug-likeness (QED) is 0.585. The van der Waals surface area contributed by atoms with E-state index in [4.69, 9.17) is 0 Å². The molecule has 1 heterocycles. The van der Waals surface area contributed by atoms with Gasteiger partial charge in [-0.3, -0.25) is 0 Å². The first-order chi connectivity index (χ1) is 5.05. The summed E-state index contributed by atoms with van der Waals surface area (Å²) in [6, 6.07) is 0. The second-order valence-corrected chi connectivity index (χ2v) is 4.28. The normalized spacial score (nSPS) is 12.3. The van der Waals surface area contributed by atoms with Gasteiger partial charge >= 0.3 is 10.2 Å². The Hall–Kier alpha value is -0.880. The van der Waals surface area contributed by atoms with E-state index in [1.807, 2.05) is 0 Å². The average molecular weight is 176 g/mol. The highest BCUT2D eigenvalue weighted by atomic mass is 32.2. The summed E-state index contributed by atoms with van der Waals surface area (Å²) >= 11 is 0. The van der Waals surface area contributed by atoms with Gasteiger partial charge in [0.05, 0.1) is 0 Å². The number of nitrogens with zero attached hydrogens (tertiary/aromatic N) is 2. The molecule has 0 unspecified atom stereocenters. The summed E-state index contributed by atoms with van der Waals surface area (Å²) in [4.78, 5) is 2.65. The first-order valence-corrected chi connectivity index (χ1v) is 4.42. The molecule has 0 saturated heterocycles. The van der Waals surface area contributed by atoms with Crippen molar-refractivity contribution in [3.63, 3.8) is 0 Å². The zero-order chi connectivity index (χ0) is 8.48. The van der Waals surface area contributed by atoms with E-state index >= 15 is 0 Å². The lowest BCUT2D eigenvalue weighted by Gasteiger charge is -2.05. The van der Waals surface area contributed by atoms with Crippen LogP contribution in [0.25, 0.3) is 0 Å². The number of nitrogens with one attached hydrogen (secondary N) is 1. The van der Waals surface area contributed by atoms with Gasteiger partial charge in [0.15, 0.2) is 0 Å². The lowest BCUT2D eigenvalue weighted by atomic mass is 11.0. The van der Waals surface area contributed by atoms with Crippen LogP contribution in [-0.4, -0.2) is 31.8 Å². The molecule has 1 aromatic rings. The highest BCUT2D eigenvalue weighted by Crippen LogP contribution is 1.86. The summed E-state index contributed by atoms with van der Waals surface area (Å²) < 4.78 is 24.8. The lowest BCUT2D eigenvalue weighted by molar-refractivity contribution is -0.513. The maximum atomic E-state index is 11.3. The number of hydrogen-bond acceptors (Lipinski definition) is 2. The monoisotopic (exact) mass is 176 g/mol. The Bertz CT molecular complexity index is 314. The van der Waals surface area contributed by atoms with Crippen LogP contribution in [0.15, 0.2) is 18.7 Å². The largest absolute Gasteiger partial charge is 0.379 e. The Labute approximate surface area is 65.5 Å². The molecular formula is C5H10N3O2S+. The SMILES string of the molecule is CN(C)S(=O)(=O)[n+]1cc[nH]c1. The summed E-state index contributed by atoms with van der Waals surface area (Å²) in [7, 11) is -0.352. The number of rotatable bonds is 2. The predicted octanol–water partition coefficient (Wildman–Crippen LogP) is -1.04. The van der Waals surface area contributed by atoms with Crippen molar-refractivity contribution >= 4 is 10.2 Å². The highest BCUT2D eigenvalue weighted by Gasteiger charge is 2.20. The number of aromatic amines is 1. The van der Waals surface area contributed by atoms with Gasteiger partial charge in [0.25, 0.3) is 6.33 Å². The Kier molecular flexibility index (Phi) is 1.97. The van der Waals surface area contributed by atoms with Gasteiger partial charge in [0.2, 0.25) is 0 Å². The van der Waals surface area contributed by atoms with Gasteiger partial charge in [-0.2, -0.15) is 12.7 Å². The molecule has 62 valence electrons. The summed E-state index contributed by atoms with van der Waals surface area (Å²) in [5.41, 5.74) is 0. The standard InChI is InChI=1S/C5H9N3O2S/c1-7(2)11(9,10)8-4-3-6-5-8/h3-5H,1-2H3/p+1. The van der Waals surface area contributed by atoms with Crippen LogP contribution >= 0.6 is 0 Å². The Morgan fingerprint density at radius 1 is 1.45 bits per heavy atom. The number of imidazole rings is 1. The second-order valence-electron chi connectivity index (χ2n) is 2.23. The fourth-order valence-electron chi connectivity index (χ4n) is 0.608.